The Morgan fingerprint density at radius 1 is 1.11 bits per heavy atom. The highest BCUT2D eigenvalue weighted by Gasteiger charge is 2.17. The van der Waals surface area contributed by atoms with Crippen molar-refractivity contribution in [2.45, 2.75) is 26.2 Å². The molecule has 0 saturated heterocycles. The normalized spacial score (nSPS) is 11.3. The molecule has 0 atom stereocenters. The molecular weight excluding hydrogens is 250 g/mol. The molecule has 0 radical (unpaired) electrons. The van der Waals surface area contributed by atoms with Crippen molar-refractivity contribution in [2.24, 2.45) is 0 Å². The smallest absolute Gasteiger partial charge is 0.222 e. The van der Waals surface area contributed by atoms with Crippen LogP contribution in [0.5, 0.6) is 11.6 Å². The van der Waals surface area contributed by atoms with E-state index in [1.807, 2.05) is 0 Å². The van der Waals surface area contributed by atoms with Gasteiger partial charge >= 0.3 is 0 Å². The van der Waals surface area contributed by atoms with Crippen LogP contribution < -0.4 is 4.74 Å². The van der Waals surface area contributed by atoms with Gasteiger partial charge in [-0.3, -0.25) is 0 Å². The van der Waals surface area contributed by atoms with E-state index in [2.05, 4.69) is 35.7 Å². The first-order valence-corrected chi connectivity index (χ1v) is 5.96. The number of ether oxygens (including phenoxy) is 1. The lowest BCUT2D eigenvalue weighted by atomic mass is 9.96. The van der Waals surface area contributed by atoms with Gasteiger partial charge in [0.05, 0.1) is 6.20 Å². The third-order valence-corrected chi connectivity index (χ3v) is 2.45. The number of rotatable bonds is 2. The summed E-state index contributed by atoms with van der Waals surface area (Å²) in [5.74, 6) is 1.83. The first-order chi connectivity index (χ1) is 8.45. The van der Waals surface area contributed by atoms with Crippen LogP contribution in [0.4, 0.5) is 0 Å². The van der Waals surface area contributed by atoms with Gasteiger partial charge in [-0.1, -0.05) is 32.4 Å². The number of hydrogen-bond acceptors (Lipinski definition) is 4. The van der Waals surface area contributed by atoms with Crippen molar-refractivity contribution in [3.63, 3.8) is 0 Å². The van der Waals surface area contributed by atoms with Crippen LogP contribution in [-0.4, -0.2) is 15.0 Å². The Kier molecular flexibility index (Phi) is 3.48. The third kappa shape index (κ3) is 3.17. The topological polar surface area (TPSA) is 47.9 Å². The van der Waals surface area contributed by atoms with Crippen molar-refractivity contribution in [3.8, 4) is 11.6 Å². The summed E-state index contributed by atoms with van der Waals surface area (Å²) < 4.78 is 5.60. The second-order valence-corrected chi connectivity index (χ2v) is 5.27. The Labute approximate surface area is 111 Å². The van der Waals surface area contributed by atoms with Crippen LogP contribution in [0.1, 0.15) is 26.6 Å². The maximum absolute atomic E-state index is 5.71. The van der Waals surface area contributed by atoms with E-state index in [1.54, 1.807) is 30.6 Å². The largest absolute Gasteiger partial charge is 0.437 e. The van der Waals surface area contributed by atoms with Crippen LogP contribution >= 0.6 is 11.6 Å². The van der Waals surface area contributed by atoms with E-state index in [4.69, 9.17) is 16.3 Å². The Bertz CT molecular complexity index is 535. The number of aromatic nitrogens is 3. The Hall–Kier alpha value is -1.68. The molecule has 0 aromatic carbocycles. The molecule has 2 heterocycles. The van der Waals surface area contributed by atoms with Crippen LogP contribution in [-0.2, 0) is 5.41 Å². The summed E-state index contributed by atoms with van der Waals surface area (Å²) in [7, 11) is 0. The van der Waals surface area contributed by atoms with Gasteiger partial charge in [-0.25, -0.2) is 9.97 Å². The fourth-order valence-electron chi connectivity index (χ4n) is 1.30. The minimum atomic E-state index is -0.113. The third-order valence-electron chi connectivity index (χ3n) is 2.22. The molecule has 0 unspecified atom stereocenters. The molecule has 2 rings (SSSR count). The SMILES string of the molecule is CC(C)(C)c1nccc(Oc2ccc(Cl)nc2)n1. The number of pyridine rings is 1. The van der Waals surface area contributed by atoms with E-state index < -0.39 is 0 Å². The number of halogens is 1. The average molecular weight is 264 g/mol. The van der Waals surface area contributed by atoms with Gasteiger partial charge < -0.3 is 4.74 Å². The van der Waals surface area contributed by atoms with Gasteiger partial charge in [0.2, 0.25) is 5.88 Å². The minimum Gasteiger partial charge on any atom is -0.437 e. The maximum Gasteiger partial charge on any atom is 0.222 e. The zero-order valence-electron chi connectivity index (χ0n) is 10.5. The molecule has 0 aliphatic carbocycles. The van der Waals surface area contributed by atoms with E-state index in [-0.39, 0.29) is 5.41 Å². The lowest BCUT2D eigenvalue weighted by Gasteiger charge is -2.16. The molecule has 2 aromatic rings. The van der Waals surface area contributed by atoms with Crippen LogP contribution in [0.2, 0.25) is 5.15 Å². The van der Waals surface area contributed by atoms with Crippen molar-refractivity contribution in [3.05, 3.63) is 41.6 Å². The number of hydrogen-bond donors (Lipinski definition) is 0. The summed E-state index contributed by atoms with van der Waals surface area (Å²) in [4.78, 5) is 12.5. The summed E-state index contributed by atoms with van der Waals surface area (Å²) in [6.45, 7) is 6.15. The summed E-state index contributed by atoms with van der Waals surface area (Å²) in [6.07, 6.45) is 3.24. The molecule has 4 nitrogen and oxygen atoms in total. The maximum atomic E-state index is 5.71. The van der Waals surface area contributed by atoms with Crippen LogP contribution in [0.25, 0.3) is 0 Å². The highest BCUT2D eigenvalue weighted by molar-refractivity contribution is 6.29. The number of nitrogens with zero attached hydrogens (tertiary/aromatic N) is 3. The highest BCUT2D eigenvalue weighted by atomic mass is 35.5. The van der Waals surface area contributed by atoms with E-state index >= 15 is 0 Å². The molecule has 0 bridgehead atoms. The Morgan fingerprint density at radius 2 is 1.89 bits per heavy atom. The van der Waals surface area contributed by atoms with Crippen molar-refractivity contribution in [1.82, 2.24) is 15.0 Å². The summed E-state index contributed by atoms with van der Waals surface area (Å²) in [5.41, 5.74) is -0.113. The molecule has 2 aromatic heterocycles. The van der Waals surface area contributed by atoms with Crippen molar-refractivity contribution in [2.75, 3.05) is 0 Å². The fourth-order valence-corrected chi connectivity index (χ4v) is 1.42. The molecular formula is C13H14ClN3O. The Morgan fingerprint density at radius 3 is 2.50 bits per heavy atom. The molecule has 0 spiro atoms. The molecule has 0 aliphatic rings. The van der Waals surface area contributed by atoms with E-state index in [1.165, 1.54) is 0 Å². The second-order valence-electron chi connectivity index (χ2n) is 4.89. The van der Waals surface area contributed by atoms with E-state index in [9.17, 15) is 0 Å². The van der Waals surface area contributed by atoms with E-state index in [0.29, 0.717) is 16.8 Å². The van der Waals surface area contributed by atoms with Gasteiger partial charge in [0, 0.05) is 17.7 Å². The fraction of sp³-hybridized carbons (Fsp3) is 0.308. The second kappa shape index (κ2) is 4.90. The van der Waals surface area contributed by atoms with Gasteiger partial charge in [-0.2, -0.15) is 4.98 Å². The van der Waals surface area contributed by atoms with Gasteiger partial charge in [0.1, 0.15) is 16.7 Å². The molecule has 0 N–H and O–H groups in total. The van der Waals surface area contributed by atoms with E-state index in [0.717, 1.165) is 5.82 Å². The van der Waals surface area contributed by atoms with Crippen molar-refractivity contribution < 1.29 is 4.74 Å². The Balaban J connectivity index is 2.22. The monoisotopic (exact) mass is 263 g/mol. The molecule has 18 heavy (non-hydrogen) atoms. The molecule has 5 heteroatoms. The van der Waals surface area contributed by atoms with Crippen molar-refractivity contribution >= 4 is 11.6 Å². The molecule has 0 saturated carbocycles. The summed E-state index contributed by atoms with van der Waals surface area (Å²) in [6, 6.07) is 5.13. The van der Waals surface area contributed by atoms with Gasteiger partial charge in [-0.05, 0) is 12.1 Å². The van der Waals surface area contributed by atoms with Gasteiger partial charge in [0.15, 0.2) is 0 Å². The first kappa shape index (κ1) is 12.8. The van der Waals surface area contributed by atoms with Crippen LogP contribution in [0.15, 0.2) is 30.6 Å². The lowest BCUT2D eigenvalue weighted by Crippen LogP contribution is -2.15. The summed E-state index contributed by atoms with van der Waals surface area (Å²) in [5, 5.41) is 0.431. The molecule has 0 aliphatic heterocycles. The van der Waals surface area contributed by atoms with Gasteiger partial charge in [0.25, 0.3) is 0 Å². The predicted molar refractivity (Wildman–Crippen MR) is 70.1 cm³/mol. The minimum absolute atomic E-state index is 0.113. The van der Waals surface area contributed by atoms with Crippen LogP contribution in [0.3, 0.4) is 0 Å². The zero-order valence-corrected chi connectivity index (χ0v) is 11.3. The molecule has 0 fully saturated rings. The molecule has 94 valence electrons. The van der Waals surface area contributed by atoms with Crippen LogP contribution in [0, 0.1) is 0 Å². The summed E-state index contributed by atoms with van der Waals surface area (Å²) >= 11 is 5.71. The highest BCUT2D eigenvalue weighted by Crippen LogP contribution is 2.23. The van der Waals surface area contributed by atoms with Crippen molar-refractivity contribution in [1.29, 1.82) is 0 Å². The lowest BCUT2D eigenvalue weighted by molar-refractivity contribution is 0.444. The standard InChI is InChI=1S/C13H14ClN3O/c1-13(2,3)12-15-7-6-11(17-12)18-9-4-5-10(14)16-8-9/h4-8H,1-3H3. The predicted octanol–water partition coefficient (Wildman–Crippen LogP) is 3.61. The average Bonchev–Trinajstić information content (AvgIpc) is 2.31. The van der Waals surface area contributed by atoms with Gasteiger partial charge in [-0.15, -0.1) is 0 Å². The first-order valence-electron chi connectivity index (χ1n) is 5.58. The zero-order chi connectivity index (χ0) is 13.2. The molecule has 0 amide bonds. The quantitative estimate of drug-likeness (QED) is 0.777.